The molecule has 18 heavy (non-hydrogen) atoms. The quantitative estimate of drug-likeness (QED) is 0.643. The molecule has 0 radical (unpaired) electrons. The molecule has 5 heteroatoms. The smallest absolute Gasteiger partial charge is 0.274 e. The highest BCUT2D eigenvalue weighted by atomic mass is 16.6. The van der Waals surface area contributed by atoms with Gasteiger partial charge in [0, 0.05) is 36.4 Å². The Kier molecular flexibility index (Phi) is 3.52. The summed E-state index contributed by atoms with van der Waals surface area (Å²) >= 11 is 0. The first-order chi connectivity index (χ1) is 8.49. The van der Waals surface area contributed by atoms with E-state index in [4.69, 9.17) is 5.73 Å². The summed E-state index contributed by atoms with van der Waals surface area (Å²) in [5, 5.41) is 10.9. The molecule has 98 valence electrons. The highest BCUT2D eigenvalue weighted by Crippen LogP contribution is 2.28. The maximum Gasteiger partial charge on any atom is 0.274 e. The van der Waals surface area contributed by atoms with Crippen LogP contribution in [0.5, 0.6) is 0 Å². The van der Waals surface area contributed by atoms with Crippen molar-refractivity contribution in [1.82, 2.24) is 0 Å². The van der Waals surface area contributed by atoms with Crippen LogP contribution in [-0.2, 0) is 0 Å². The molecule has 1 aromatic rings. The number of hydrogen-bond acceptors (Lipinski definition) is 4. The molecule has 2 atom stereocenters. The first kappa shape index (κ1) is 12.8. The van der Waals surface area contributed by atoms with Crippen LogP contribution in [0.2, 0.25) is 0 Å². The van der Waals surface area contributed by atoms with Crippen LogP contribution in [0.15, 0.2) is 18.2 Å². The third kappa shape index (κ3) is 2.46. The predicted molar refractivity (Wildman–Crippen MR) is 71.8 cm³/mol. The summed E-state index contributed by atoms with van der Waals surface area (Å²) in [5.41, 5.74) is 7.80. The van der Waals surface area contributed by atoms with E-state index in [0.29, 0.717) is 11.5 Å². The van der Waals surface area contributed by atoms with Gasteiger partial charge in [-0.15, -0.1) is 0 Å². The molecule has 1 aliphatic heterocycles. The first-order valence-corrected chi connectivity index (χ1v) is 6.24. The Labute approximate surface area is 107 Å². The summed E-state index contributed by atoms with van der Waals surface area (Å²) in [6, 6.07) is 5.67. The number of nitrogens with two attached hydrogens (primary N) is 1. The molecule has 0 bridgehead atoms. The number of nitro benzene ring substituents is 1. The summed E-state index contributed by atoms with van der Waals surface area (Å²) in [4.78, 5) is 12.8. The normalized spacial score (nSPS) is 24.1. The maximum absolute atomic E-state index is 10.9. The SMILES string of the molecule is Cc1ccc(N2CCC(N)C(C)C2)cc1[N+](=O)[O-]. The van der Waals surface area contributed by atoms with Crippen LogP contribution in [0.4, 0.5) is 11.4 Å². The molecular weight excluding hydrogens is 230 g/mol. The van der Waals surface area contributed by atoms with Crippen molar-refractivity contribution in [3.63, 3.8) is 0 Å². The monoisotopic (exact) mass is 249 g/mol. The van der Waals surface area contributed by atoms with Gasteiger partial charge in [0.15, 0.2) is 0 Å². The Bertz CT molecular complexity index is 462. The zero-order valence-corrected chi connectivity index (χ0v) is 10.8. The second-order valence-corrected chi connectivity index (χ2v) is 5.10. The minimum absolute atomic E-state index is 0.190. The van der Waals surface area contributed by atoms with Crippen molar-refractivity contribution in [2.45, 2.75) is 26.3 Å². The van der Waals surface area contributed by atoms with Crippen molar-refractivity contribution in [1.29, 1.82) is 0 Å². The van der Waals surface area contributed by atoms with E-state index in [2.05, 4.69) is 11.8 Å². The predicted octanol–water partition coefficient (Wildman–Crippen LogP) is 2.08. The highest BCUT2D eigenvalue weighted by Gasteiger charge is 2.24. The Morgan fingerprint density at radius 2 is 2.22 bits per heavy atom. The van der Waals surface area contributed by atoms with Gasteiger partial charge in [-0.2, -0.15) is 0 Å². The van der Waals surface area contributed by atoms with E-state index in [9.17, 15) is 10.1 Å². The fraction of sp³-hybridized carbons (Fsp3) is 0.538. The topological polar surface area (TPSA) is 72.4 Å². The van der Waals surface area contributed by atoms with Gasteiger partial charge in [-0.25, -0.2) is 0 Å². The molecule has 0 spiro atoms. The van der Waals surface area contributed by atoms with Crippen LogP contribution < -0.4 is 10.6 Å². The minimum atomic E-state index is -0.321. The average Bonchev–Trinajstić information content (AvgIpc) is 2.33. The van der Waals surface area contributed by atoms with E-state index in [1.165, 1.54) is 0 Å². The lowest BCUT2D eigenvalue weighted by Crippen LogP contribution is -2.45. The average molecular weight is 249 g/mol. The largest absolute Gasteiger partial charge is 0.371 e. The van der Waals surface area contributed by atoms with Crippen molar-refractivity contribution in [2.24, 2.45) is 11.7 Å². The van der Waals surface area contributed by atoms with Crippen LogP contribution in [-0.4, -0.2) is 24.1 Å². The molecule has 1 fully saturated rings. The van der Waals surface area contributed by atoms with Gasteiger partial charge in [0.05, 0.1) is 4.92 Å². The Hall–Kier alpha value is -1.62. The third-order valence-electron chi connectivity index (χ3n) is 3.73. The second kappa shape index (κ2) is 4.94. The zero-order valence-electron chi connectivity index (χ0n) is 10.8. The summed E-state index contributed by atoms with van der Waals surface area (Å²) in [5.74, 6) is 0.416. The molecule has 2 unspecified atom stereocenters. The van der Waals surface area contributed by atoms with Crippen molar-refractivity contribution < 1.29 is 4.92 Å². The highest BCUT2D eigenvalue weighted by molar-refractivity contribution is 5.56. The van der Waals surface area contributed by atoms with Gasteiger partial charge in [0.1, 0.15) is 0 Å². The first-order valence-electron chi connectivity index (χ1n) is 6.24. The number of nitrogens with zero attached hydrogens (tertiary/aromatic N) is 2. The van der Waals surface area contributed by atoms with Gasteiger partial charge in [-0.3, -0.25) is 10.1 Å². The van der Waals surface area contributed by atoms with Gasteiger partial charge in [-0.05, 0) is 25.3 Å². The molecule has 1 saturated heterocycles. The number of nitro groups is 1. The van der Waals surface area contributed by atoms with E-state index < -0.39 is 0 Å². The zero-order chi connectivity index (χ0) is 13.3. The molecule has 1 aromatic carbocycles. The van der Waals surface area contributed by atoms with E-state index in [1.54, 1.807) is 13.0 Å². The summed E-state index contributed by atoms with van der Waals surface area (Å²) < 4.78 is 0. The molecule has 0 aliphatic carbocycles. The third-order valence-corrected chi connectivity index (χ3v) is 3.73. The van der Waals surface area contributed by atoms with E-state index in [0.717, 1.165) is 25.2 Å². The van der Waals surface area contributed by atoms with Gasteiger partial charge in [0.25, 0.3) is 5.69 Å². The number of aryl methyl sites for hydroxylation is 1. The van der Waals surface area contributed by atoms with Crippen molar-refractivity contribution in [3.05, 3.63) is 33.9 Å². The molecule has 1 heterocycles. The van der Waals surface area contributed by atoms with Crippen LogP contribution in [0.25, 0.3) is 0 Å². The van der Waals surface area contributed by atoms with Gasteiger partial charge < -0.3 is 10.6 Å². The molecule has 0 saturated carbocycles. The molecule has 1 aliphatic rings. The van der Waals surface area contributed by atoms with Gasteiger partial charge in [0.2, 0.25) is 0 Å². The van der Waals surface area contributed by atoms with Gasteiger partial charge in [-0.1, -0.05) is 13.0 Å². The van der Waals surface area contributed by atoms with Crippen molar-refractivity contribution in [2.75, 3.05) is 18.0 Å². The number of piperidine rings is 1. The standard InChI is InChI=1S/C13H19N3O2/c1-9-3-4-11(7-13(9)16(17)18)15-6-5-12(14)10(2)8-15/h3-4,7,10,12H,5-6,8,14H2,1-2H3. The van der Waals surface area contributed by atoms with E-state index >= 15 is 0 Å². The lowest BCUT2D eigenvalue weighted by atomic mass is 9.94. The summed E-state index contributed by atoms with van der Waals surface area (Å²) in [7, 11) is 0. The Morgan fingerprint density at radius 1 is 1.50 bits per heavy atom. The minimum Gasteiger partial charge on any atom is -0.371 e. The lowest BCUT2D eigenvalue weighted by molar-refractivity contribution is -0.385. The number of benzene rings is 1. The fourth-order valence-electron chi connectivity index (χ4n) is 2.39. The Balaban J connectivity index is 2.24. The molecule has 2 rings (SSSR count). The number of rotatable bonds is 2. The van der Waals surface area contributed by atoms with Gasteiger partial charge >= 0.3 is 0 Å². The van der Waals surface area contributed by atoms with Crippen LogP contribution in [0.3, 0.4) is 0 Å². The molecule has 0 amide bonds. The van der Waals surface area contributed by atoms with E-state index in [1.807, 2.05) is 12.1 Å². The fourth-order valence-corrected chi connectivity index (χ4v) is 2.39. The van der Waals surface area contributed by atoms with Crippen molar-refractivity contribution in [3.8, 4) is 0 Å². The molecular formula is C13H19N3O2. The van der Waals surface area contributed by atoms with Crippen LogP contribution in [0, 0.1) is 23.0 Å². The second-order valence-electron chi connectivity index (χ2n) is 5.10. The molecule has 5 nitrogen and oxygen atoms in total. The van der Waals surface area contributed by atoms with Crippen LogP contribution >= 0.6 is 0 Å². The van der Waals surface area contributed by atoms with Crippen LogP contribution in [0.1, 0.15) is 18.9 Å². The molecule has 0 aromatic heterocycles. The van der Waals surface area contributed by atoms with E-state index in [-0.39, 0.29) is 16.7 Å². The Morgan fingerprint density at radius 3 is 2.83 bits per heavy atom. The van der Waals surface area contributed by atoms with Crippen molar-refractivity contribution >= 4 is 11.4 Å². The number of anilines is 1. The molecule has 2 N–H and O–H groups in total. The lowest BCUT2D eigenvalue weighted by Gasteiger charge is -2.36. The number of hydrogen-bond donors (Lipinski definition) is 1. The maximum atomic E-state index is 10.9. The summed E-state index contributed by atoms with van der Waals surface area (Å²) in [6.07, 6.45) is 0.933. The summed E-state index contributed by atoms with van der Waals surface area (Å²) in [6.45, 7) is 5.61.